The smallest absolute Gasteiger partial charge is 0.335 e. The second-order valence-electron chi connectivity index (χ2n) is 6.86. The SMILES string of the molecule is NS(=O)(=O)c1cccc(NC(=O)N2CCN(C(=O)c3ccc(C(F)(F)F)cc3)CC2)c1. The second kappa shape index (κ2) is 8.55. The van der Waals surface area contributed by atoms with Crippen molar-refractivity contribution in [3.8, 4) is 0 Å². The minimum absolute atomic E-state index is 0.130. The molecule has 0 bridgehead atoms. The number of nitrogens with two attached hydrogens (primary N) is 1. The number of halogens is 3. The van der Waals surface area contributed by atoms with E-state index in [0.717, 1.165) is 24.3 Å². The van der Waals surface area contributed by atoms with Crippen molar-refractivity contribution >= 4 is 27.6 Å². The second-order valence-corrected chi connectivity index (χ2v) is 8.42. The Hall–Kier alpha value is -3.12. The molecular weight excluding hydrogens is 437 g/mol. The van der Waals surface area contributed by atoms with Gasteiger partial charge in [-0.1, -0.05) is 6.07 Å². The lowest BCUT2D eigenvalue weighted by atomic mass is 10.1. The van der Waals surface area contributed by atoms with Gasteiger partial charge in [-0.25, -0.2) is 18.4 Å². The number of urea groups is 1. The van der Waals surface area contributed by atoms with Crippen LogP contribution in [-0.2, 0) is 16.2 Å². The van der Waals surface area contributed by atoms with Crippen LogP contribution in [0.1, 0.15) is 15.9 Å². The number of sulfonamides is 1. The highest BCUT2D eigenvalue weighted by Gasteiger charge is 2.31. The summed E-state index contributed by atoms with van der Waals surface area (Å²) in [4.78, 5) is 27.7. The van der Waals surface area contributed by atoms with Crippen molar-refractivity contribution in [1.82, 2.24) is 9.80 Å². The monoisotopic (exact) mass is 456 g/mol. The van der Waals surface area contributed by atoms with Crippen LogP contribution in [0.5, 0.6) is 0 Å². The molecule has 0 radical (unpaired) electrons. The van der Waals surface area contributed by atoms with Crippen LogP contribution in [0.25, 0.3) is 0 Å². The Labute approximate surface area is 176 Å². The molecule has 1 aliphatic rings. The molecule has 0 atom stereocenters. The minimum Gasteiger partial charge on any atom is -0.335 e. The summed E-state index contributed by atoms with van der Waals surface area (Å²) >= 11 is 0. The van der Waals surface area contributed by atoms with Gasteiger partial charge in [-0.15, -0.1) is 0 Å². The maximum Gasteiger partial charge on any atom is 0.416 e. The molecule has 2 aromatic carbocycles. The minimum atomic E-state index is -4.48. The van der Waals surface area contributed by atoms with Gasteiger partial charge in [0.2, 0.25) is 10.0 Å². The average molecular weight is 456 g/mol. The molecule has 1 aliphatic heterocycles. The molecule has 1 fully saturated rings. The molecule has 12 heteroatoms. The Balaban J connectivity index is 1.58. The molecule has 1 saturated heterocycles. The largest absolute Gasteiger partial charge is 0.416 e. The number of piperazine rings is 1. The predicted octanol–water partition coefficient (Wildman–Crippen LogP) is 2.34. The highest BCUT2D eigenvalue weighted by atomic mass is 32.2. The van der Waals surface area contributed by atoms with E-state index in [1.54, 1.807) is 0 Å². The first-order valence-corrected chi connectivity index (χ1v) is 10.6. The zero-order valence-electron chi connectivity index (χ0n) is 16.1. The van der Waals surface area contributed by atoms with Gasteiger partial charge in [0.1, 0.15) is 0 Å². The van der Waals surface area contributed by atoms with E-state index in [1.165, 1.54) is 34.1 Å². The number of carbonyl (C=O) groups excluding carboxylic acids is 2. The topological polar surface area (TPSA) is 113 Å². The molecule has 166 valence electrons. The van der Waals surface area contributed by atoms with Crippen molar-refractivity contribution in [2.75, 3.05) is 31.5 Å². The lowest BCUT2D eigenvalue weighted by Gasteiger charge is -2.34. The number of anilines is 1. The van der Waals surface area contributed by atoms with Crippen LogP contribution < -0.4 is 10.5 Å². The first-order valence-electron chi connectivity index (χ1n) is 9.10. The first-order chi connectivity index (χ1) is 14.4. The van der Waals surface area contributed by atoms with Crippen molar-refractivity contribution in [2.45, 2.75) is 11.1 Å². The lowest BCUT2D eigenvalue weighted by Crippen LogP contribution is -2.51. The van der Waals surface area contributed by atoms with Gasteiger partial charge in [-0.3, -0.25) is 4.79 Å². The van der Waals surface area contributed by atoms with E-state index >= 15 is 0 Å². The molecular formula is C19H19F3N4O4S. The van der Waals surface area contributed by atoms with Crippen LogP contribution >= 0.6 is 0 Å². The first kappa shape index (κ1) is 22.6. The molecule has 3 N–H and O–H groups in total. The van der Waals surface area contributed by atoms with Crippen LogP contribution in [0, 0.1) is 0 Å². The van der Waals surface area contributed by atoms with Crippen molar-refractivity contribution in [3.63, 3.8) is 0 Å². The summed E-state index contributed by atoms with van der Waals surface area (Å²) in [6.45, 7) is 0.801. The van der Waals surface area contributed by atoms with Gasteiger partial charge in [0.05, 0.1) is 10.5 Å². The molecule has 1 heterocycles. The van der Waals surface area contributed by atoms with Crippen molar-refractivity contribution in [3.05, 3.63) is 59.7 Å². The number of rotatable bonds is 3. The van der Waals surface area contributed by atoms with Crippen molar-refractivity contribution < 1.29 is 31.2 Å². The molecule has 3 amide bonds. The maximum atomic E-state index is 12.7. The zero-order valence-corrected chi connectivity index (χ0v) is 16.9. The Kier molecular flexibility index (Phi) is 6.23. The Morgan fingerprint density at radius 2 is 1.52 bits per heavy atom. The molecule has 31 heavy (non-hydrogen) atoms. The summed E-state index contributed by atoms with van der Waals surface area (Å²) in [7, 11) is -3.91. The molecule has 0 aromatic heterocycles. The quantitative estimate of drug-likeness (QED) is 0.738. The van der Waals surface area contributed by atoms with Crippen molar-refractivity contribution in [2.24, 2.45) is 5.14 Å². The summed E-state index contributed by atoms with van der Waals surface area (Å²) in [5, 5.41) is 7.65. The highest BCUT2D eigenvalue weighted by Crippen LogP contribution is 2.29. The van der Waals surface area contributed by atoms with Gasteiger partial charge < -0.3 is 15.1 Å². The average Bonchev–Trinajstić information content (AvgIpc) is 2.72. The fourth-order valence-corrected chi connectivity index (χ4v) is 3.61. The van der Waals surface area contributed by atoms with E-state index in [2.05, 4.69) is 5.32 Å². The number of hydrogen-bond acceptors (Lipinski definition) is 4. The van der Waals surface area contributed by atoms with Crippen LogP contribution in [-0.4, -0.2) is 56.3 Å². The van der Waals surface area contributed by atoms with Crippen LogP contribution in [0.15, 0.2) is 53.4 Å². The maximum absolute atomic E-state index is 12.7. The van der Waals surface area contributed by atoms with E-state index in [1.807, 2.05) is 0 Å². The van der Waals surface area contributed by atoms with E-state index < -0.39 is 33.7 Å². The molecule has 0 saturated carbocycles. The number of nitrogens with one attached hydrogen (secondary N) is 1. The number of primary sulfonamides is 1. The van der Waals surface area contributed by atoms with Crippen LogP contribution in [0.4, 0.5) is 23.7 Å². The predicted molar refractivity (Wildman–Crippen MR) is 106 cm³/mol. The number of nitrogens with zero attached hydrogens (tertiary/aromatic N) is 2. The van der Waals surface area contributed by atoms with Gasteiger partial charge in [0.25, 0.3) is 5.91 Å². The van der Waals surface area contributed by atoms with E-state index in [0.29, 0.717) is 0 Å². The summed E-state index contributed by atoms with van der Waals surface area (Å²) in [5.41, 5.74) is -0.456. The number of alkyl halides is 3. The third-order valence-corrected chi connectivity index (χ3v) is 5.64. The molecule has 0 aliphatic carbocycles. The third-order valence-electron chi connectivity index (χ3n) is 4.73. The number of amides is 3. The normalized spacial score (nSPS) is 15.0. The highest BCUT2D eigenvalue weighted by molar-refractivity contribution is 7.89. The van der Waals surface area contributed by atoms with Crippen LogP contribution in [0.3, 0.4) is 0 Å². The van der Waals surface area contributed by atoms with E-state index in [-0.39, 0.29) is 42.3 Å². The van der Waals surface area contributed by atoms with Crippen molar-refractivity contribution in [1.29, 1.82) is 0 Å². The molecule has 3 rings (SSSR count). The molecule has 8 nitrogen and oxygen atoms in total. The van der Waals surface area contributed by atoms with Crippen LogP contribution in [0.2, 0.25) is 0 Å². The third kappa shape index (κ3) is 5.52. The number of hydrogen-bond donors (Lipinski definition) is 2. The summed E-state index contributed by atoms with van der Waals surface area (Å²) < 4.78 is 60.8. The van der Waals surface area contributed by atoms with Gasteiger partial charge in [0.15, 0.2) is 0 Å². The summed E-state index contributed by atoms with van der Waals surface area (Å²) in [6.07, 6.45) is -4.48. The fraction of sp³-hybridized carbons (Fsp3) is 0.263. The van der Waals surface area contributed by atoms with Gasteiger partial charge in [0, 0.05) is 37.4 Å². The molecule has 2 aromatic rings. The van der Waals surface area contributed by atoms with E-state index in [9.17, 15) is 31.2 Å². The van der Waals surface area contributed by atoms with E-state index in [4.69, 9.17) is 5.14 Å². The number of carbonyl (C=O) groups is 2. The lowest BCUT2D eigenvalue weighted by molar-refractivity contribution is -0.137. The Bertz CT molecular complexity index is 1080. The fourth-order valence-electron chi connectivity index (χ4n) is 3.05. The molecule has 0 unspecified atom stereocenters. The van der Waals surface area contributed by atoms with Gasteiger partial charge in [-0.2, -0.15) is 13.2 Å². The number of benzene rings is 2. The summed E-state index contributed by atoms with van der Waals surface area (Å²) in [5.74, 6) is -0.422. The Morgan fingerprint density at radius 1 is 0.935 bits per heavy atom. The summed E-state index contributed by atoms with van der Waals surface area (Å²) in [6, 6.07) is 8.97. The van der Waals surface area contributed by atoms with Gasteiger partial charge >= 0.3 is 12.2 Å². The Morgan fingerprint density at radius 3 is 2.06 bits per heavy atom. The van der Waals surface area contributed by atoms with Gasteiger partial charge in [-0.05, 0) is 42.5 Å². The zero-order chi connectivity index (χ0) is 22.8. The standard InChI is InChI=1S/C19H19F3N4O4S/c20-19(21,22)14-6-4-13(5-7-14)17(27)25-8-10-26(11-9-25)18(28)24-15-2-1-3-16(12-15)31(23,29)30/h1-7,12H,8-11H2,(H,24,28)(H2,23,29,30). The molecule has 0 spiro atoms.